The molecule has 0 bridgehead atoms. The Kier molecular flexibility index (Phi) is 6.29. The van der Waals surface area contributed by atoms with Crippen LogP contribution in [0.15, 0.2) is 42.7 Å². The number of fused-ring (bicyclic) bond motifs is 1. The first kappa shape index (κ1) is 18.5. The Bertz CT molecular complexity index is 821. The number of aromatic nitrogens is 2. The zero-order valence-corrected chi connectivity index (χ0v) is 16.0. The normalized spacial score (nSPS) is 11.4. The van der Waals surface area contributed by atoms with E-state index < -0.39 is 0 Å². The Morgan fingerprint density at radius 1 is 1.08 bits per heavy atom. The first-order chi connectivity index (χ1) is 12.6. The van der Waals surface area contributed by atoms with Gasteiger partial charge in [0, 0.05) is 6.54 Å². The SMILES string of the molecule is Cc1c(-c2ccc(OCCNCCCC(C)C)cc2)ccc2[nH]cnc12. The van der Waals surface area contributed by atoms with E-state index in [1.165, 1.54) is 29.5 Å². The maximum atomic E-state index is 5.83. The van der Waals surface area contributed by atoms with Crippen LogP contribution in [0.1, 0.15) is 32.3 Å². The number of benzene rings is 2. The van der Waals surface area contributed by atoms with E-state index in [4.69, 9.17) is 4.74 Å². The van der Waals surface area contributed by atoms with Gasteiger partial charge < -0.3 is 15.0 Å². The number of nitrogens with zero attached hydrogens (tertiary/aromatic N) is 1. The van der Waals surface area contributed by atoms with E-state index in [9.17, 15) is 0 Å². The molecule has 1 heterocycles. The van der Waals surface area contributed by atoms with E-state index >= 15 is 0 Å². The number of rotatable bonds is 9. The van der Waals surface area contributed by atoms with Crippen LogP contribution < -0.4 is 10.1 Å². The highest BCUT2D eigenvalue weighted by Gasteiger charge is 2.07. The third-order valence-electron chi connectivity index (χ3n) is 4.69. The molecule has 3 rings (SSSR count). The highest BCUT2D eigenvalue weighted by molar-refractivity contribution is 5.86. The Morgan fingerprint density at radius 2 is 1.88 bits per heavy atom. The molecule has 0 spiro atoms. The van der Waals surface area contributed by atoms with Crippen LogP contribution in [0.3, 0.4) is 0 Å². The molecule has 2 aromatic carbocycles. The molecule has 0 unspecified atom stereocenters. The topological polar surface area (TPSA) is 49.9 Å². The van der Waals surface area contributed by atoms with Gasteiger partial charge >= 0.3 is 0 Å². The fraction of sp³-hybridized carbons (Fsp3) is 0.409. The summed E-state index contributed by atoms with van der Waals surface area (Å²) in [7, 11) is 0. The Hall–Kier alpha value is -2.33. The lowest BCUT2D eigenvalue weighted by atomic mass is 9.99. The fourth-order valence-electron chi connectivity index (χ4n) is 3.19. The van der Waals surface area contributed by atoms with Gasteiger partial charge in [0.2, 0.25) is 0 Å². The van der Waals surface area contributed by atoms with E-state index in [1.807, 2.05) is 12.1 Å². The van der Waals surface area contributed by atoms with E-state index in [1.54, 1.807) is 6.33 Å². The highest BCUT2D eigenvalue weighted by atomic mass is 16.5. The fourth-order valence-corrected chi connectivity index (χ4v) is 3.19. The number of hydrogen-bond acceptors (Lipinski definition) is 3. The minimum atomic E-state index is 0.694. The van der Waals surface area contributed by atoms with E-state index in [-0.39, 0.29) is 0 Å². The Morgan fingerprint density at radius 3 is 2.65 bits per heavy atom. The zero-order valence-electron chi connectivity index (χ0n) is 16.0. The molecular formula is C22H29N3O. The van der Waals surface area contributed by atoms with Gasteiger partial charge in [-0.1, -0.05) is 32.0 Å². The van der Waals surface area contributed by atoms with Crippen molar-refractivity contribution in [3.05, 3.63) is 48.3 Å². The molecule has 0 radical (unpaired) electrons. The Balaban J connectivity index is 1.51. The first-order valence-corrected chi connectivity index (χ1v) is 9.52. The second-order valence-electron chi connectivity index (χ2n) is 7.20. The van der Waals surface area contributed by atoms with Crippen molar-refractivity contribution in [2.24, 2.45) is 5.92 Å². The summed E-state index contributed by atoms with van der Waals surface area (Å²) in [5.41, 5.74) is 5.70. The summed E-state index contributed by atoms with van der Waals surface area (Å²) in [6.45, 7) is 9.29. The standard InChI is InChI=1S/C22H29N3O/c1-16(2)5-4-12-23-13-14-26-19-8-6-18(7-9-19)20-10-11-21-22(17(20)3)25-15-24-21/h6-11,15-16,23H,4-5,12-14H2,1-3H3,(H,24,25). The van der Waals surface area contributed by atoms with E-state index in [2.05, 4.69) is 60.3 Å². The lowest BCUT2D eigenvalue weighted by molar-refractivity contribution is 0.313. The summed E-state index contributed by atoms with van der Waals surface area (Å²) < 4.78 is 5.83. The molecule has 4 nitrogen and oxygen atoms in total. The average Bonchev–Trinajstić information content (AvgIpc) is 3.11. The summed E-state index contributed by atoms with van der Waals surface area (Å²) in [5.74, 6) is 1.69. The van der Waals surface area contributed by atoms with Crippen LogP contribution in [0.2, 0.25) is 0 Å². The molecule has 0 aliphatic carbocycles. The number of hydrogen-bond donors (Lipinski definition) is 2. The van der Waals surface area contributed by atoms with Crippen molar-refractivity contribution in [2.75, 3.05) is 19.7 Å². The Labute approximate surface area is 156 Å². The summed E-state index contributed by atoms with van der Waals surface area (Å²) in [6.07, 6.45) is 4.25. The van der Waals surface area contributed by atoms with Crippen LogP contribution in [-0.2, 0) is 0 Å². The molecule has 0 saturated carbocycles. The molecule has 0 saturated heterocycles. The summed E-state index contributed by atoms with van der Waals surface area (Å²) in [6, 6.07) is 12.6. The van der Waals surface area contributed by atoms with E-state index in [0.29, 0.717) is 6.61 Å². The lowest BCUT2D eigenvalue weighted by Crippen LogP contribution is -2.22. The monoisotopic (exact) mass is 351 g/mol. The maximum Gasteiger partial charge on any atom is 0.119 e. The van der Waals surface area contributed by atoms with Crippen LogP contribution in [0.25, 0.3) is 22.2 Å². The van der Waals surface area contributed by atoms with Gasteiger partial charge in [-0.15, -0.1) is 0 Å². The molecule has 3 aromatic rings. The quantitative estimate of drug-likeness (QED) is 0.537. The number of ether oxygens (including phenoxy) is 1. The van der Waals surface area contributed by atoms with Crippen molar-refractivity contribution in [3.8, 4) is 16.9 Å². The maximum absolute atomic E-state index is 5.83. The third kappa shape index (κ3) is 4.64. The molecule has 4 heteroatoms. The smallest absolute Gasteiger partial charge is 0.119 e. The van der Waals surface area contributed by atoms with Crippen molar-refractivity contribution < 1.29 is 4.74 Å². The molecule has 0 atom stereocenters. The summed E-state index contributed by atoms with van der Waals surface area (Å²) >= 11 is 0. The van der Waals surface area contributed by atoms with Gasteiger partial charge in [0.1, 0.15) is 12.4 Å². The highest BCUT2D eigenvalue weighted by Crippen LogP contribution is 2.29. The van der Waals surface area contributed by atoms with Crippen molar-refractivity contribution in [2.45, 2.75) is 33.6 Å². The minimum absolute atomic E-state index is 0.694. The number of imidazole rings is 1. The molecular weight excluding hydrogens is 322 g/mol. The first-order valence-electron chi connectivity index (χ1n) is 9.52. The second kappa shape index (κ2) is 8.86. The molecule has 0 aliphatic rings. The van der Waals surface area contributed by atoms with Gasteiger partial charge in [-0.05, 0) is 67.1 Å². The van der Waals surface area contributed by atoms with Crippen molar-refractivity contribution in [1.82, 2.24) is 15.3 Å². The van der Waals surface area contributed by atoms with Crippen molar-refractivity contribution in [1.29, 1.82) is 0 Å². The van der Waals surface area contributed by atoms with Crippen LogP contribution in [0.5, 0.6) is 5.75 Å². The van der Waals surface area contributed by atoms with Gasteiger partial charge in [-0.25, -0.2) is 4.98 Å². The molecule has 26 heavy (non-hydrogen) atoms. The number of aryl methyl sites for hydroxylation is 1. The molecule has 0 aliphatic heterocycles. The average molecular weight is 351 g/mol. The predicted molar refractivity (Wildman–Crippen MR) is 109 cm³/mol. The largest absolute Gasteiger partial charge is 0.492 e. The molecule has 2 N–H and O–H groups in total. The second-order valence-corrected chi connectivity index (χ2v) is 7.20. The van der Waals surface area contributed by atoms with Crippen LogP contribution >= 0.6 is 0 Å². The lowest BCUT2D eigenvalue weighted by Gasteiger charge is -2.10. The number of aromatic amines is 1. The molecule has 138 valence electrons. The zero-order chi connectivity index (χ0) is 18.4. The van der Waals surface area contributed by atoms with Gasteiger partial charge in [0.25, 0.3) is 0 Å². The van der Waals surface area contributed by atoms with Crippen LogP contribution in [0.4, 0.5) is 0 Å². The van der Waals surface area contributed by atoms with Gasteiger partial charge in [0.05, 0.1) is 17.4 Å². The molecule has 1 aromatic heterocycles. The van der Waals surface area contributed by atoms with Gasteiger partial charge in [-0.2, -0.15) is 0 Å². The molecule has 0 amide bonds. The van der Waals surface area contributed by atoms with Gasteiger partial charge in [0.15, 0.2) is 0 Å². The van der Waals surface area contributed by atoms with Crippen molar-refractivity contribution in [3.63, 3.8) is 0 Å². The van der Waals surface area contributed by atoms with Gasteiger partial charge in [-0.3, -0.25) is 0 Å². The van der Waals surface area contributed by atoms with Crippen molar-refractivity contribution >= 4 is 11.0 Å². The number of H-pyrrole nitrogens is 1. The van der Waals surface area contributed by atoms with Crippen LogP contribution in [-0.4, -0.2) is 29.7 Å². The molecule has 0 fully saturated rings. The summed E-state index contributed by atoms with van der Waals surface area (Å²) in [5, 5.41) is 3.44. The number of nitrogens with one attached hydrogen (secondary N) is 2. The third-order valence-corrected chi connectivity index (χ3v) is 4.69. The minimum Gasteiger partial charge on any atom is -0.492 e. The predicted octanol–water partition coefficient (Wildman–Crippen LogP) is 4.94. The summed E-state index contributed by atoms with van der Waals surface area (Å²) in [4.78, 5) is 7.57. The van der Waals surface area contributed by atoms with Crippen LogP contribution in [0, 0.1) is 12.8 Å². The van der Waals surface area contributed by atoms with E-state index in [0.717, 1.165) is 35.8 Å².